The Labute approximate surface area is 205 Å². The van der Waals surface area contributed by atoms with Crippen LogP contribution >= 0.6 is 11.3 Å². The lowest BCUT2D eigenvalue weighted by molar-refractivity contribution is 0.0186. The van der Waals surface area contributed by atoms with E-state index in [2.05, 4.69) is 34.5 Å². The molecule has 2 aliphatic rings. The number of likely N-dealkylation sites (tertiary alicyclic amines) is 1. The largest absolute Gasteiger partial charge is 0.444 e. The third kappa shape index (κ3) is 6.01. The van der Waals surface area contributed by atoms with E-state index in [9.17, 15) is 9.59 Å². The Balaban J connectivity index is 1.39. The van der Waals surface area contributed by atoms with Crippen LogP contribution in [0.4, 0.5) is 16.2 Å². The van der Waals surface area contributed by atoms with Crippen molar-refractivity contribution in [3.8, 4) is 10.4 Å². The van der Waals surface area contributed by atoms with E-state index >= 15 is 0 Å². The van der Waals surface area contributed by atoms with Crippen LogP contribution in [0.5, 0.6) is 0 Å². The van der Waals surface area contributed by atoms with E-state index in [1.165, 1.54) is 17.0 Å². The summed E-state index contributed by atoms with van der Waals surface area (Å²) in [7, 11) is 0. The van der Waals surface area contributed by atoms with Crippen molar-refractivity contribution in [2.75, 3.05) is 50.0 Å². The average Bonchev–Trinajstić information content (AvgIpc) is 3.20. The second-order valence-corrected chi connectivity index (χ2v) is 10.8. The maximum atomic E-state index is 13.0. The van der Waals surface area contributed by atoms with Crippen LogP contribution in [0.1, 0.15) is 43.3 Å². The van der Waals surface area contributed by atoms with Gasteiger partial charge < -0.3 is 30.3 Å². The Morgan fingerprint density at radius 2 is 1.85 bits per heavy atom. The van der Waals surface area contributed by atoms with Gasteiger partial charge in [-0.3, -0.25) is 4.79 Å². The predicted octanol–water partition coefficient (Wildman–Crippen LogP) is 3.96. The first-order chi connectivity index (χ1) is 16.2. The molecule has 8 nitrogen and oxygen atoms in total. The third-order valence-corrected chi connectivity index (χ3v) is 7.10. The summed E-state index contributed by atoms with van der Waals surface area (Å²) in [6, 6.07) is 10.1. The van der Waals surface area contributed by atoms with Crippen LogP contribution in [-0.2, 0) is 9.47 Å². The summed E-state index contributed by atoms with van der Waals surface area (Å²) in [6.45, 7) is 9.89. The fourth-order valence-corrected chi connectivity index (χ4v) is 5.21. The van der Waals surface area contributed by atoms with Gasteiger partial charge in [-0.05, 0) is 57.4 Å². The Kier molecular flexibility index (Phi) is 7.33. The molecule has 0 aliphatic carbocycles. The van der Waals surface area contributed by atoms with Gasteiger partial charge in [0, 0.05) is 42.8 Å². The van der Waals surface area contributed by atoms with Crippen molar-refractivity contribution in [3.05, 3.63) is 35.2 Å². The van der Waals surface area contributed by atoms with Gasteiger partial charge in [0.1, 0.15) is 10.5 Å². The van der Waals surface area contributed by atoms with E-state index in [0.717, 1.165) is 49.6 Å². The number of anilines is 2. The molecule has 0 radical (unpaired) electrons. The number of nitrogens with two attached hydrogens (primary N) is 1. The zero-order chi connectivity index (χ0) is 24.3. The Hall–Kier alpha value is -2.78. The van der Waals surface area contributed by atoms with Crippen molar-refractivity contribution in [3.63, 3.8) is 0 Å². The fourth-order valence-electron chi connectivity index (χ4n) is 4.22. The molecule has 2 amide bonds. The zero-order valence-electron chi connectivity index (χ0n) is 20.1. The topological polar surface area (TPSA) is 97.1 Å². The zero-order valence-corrected chi connectivity index (χ0v) is 21.0. The molecule has 2 saturated heterocycles. The van der Waals surface area contributed by atoms with Gasteiger partial charge >= 0.3 is 6.09 Å². The van der Waals surface area contributed by atoms with Gasteiger partial charge in [0.15, 0.2) is 0 Å². The molecule has 0 saturated carbocycles. The smallest absolute Gasteiger partial charge is 0.410 e. The lowest BCUT2D eigenvalue weighted by Gasteiger charge is -2.34. The molecule has 2 fully saturated rings. The second-order valence-electron chi connectivity index (χ2n) is 9.78. The highest BCUT2D eigenvalue weighted by Crippen LogP contribution is 2.34. The van der Waals surface area contributed by atoms with E-state index in [0.29, 0.717) is 23.7 Å². The predicted molar refractivity (Wildman–Crippen MR) is 135 cm³/mol. The fraction of sp³-hybridized carbons (Fsp3) is 0.520. The second kappa shape index (κ2) is 10.2. The number of carbonyl (C=O) groups is 2. The molecule has 3 heterocycles. The molecular weight excluding hydrogens is 452 g/mol. The van der Waals surface area contributed by atoms with Crippen LogP contribution in [0, 0.1) is 0 Å². The highest BCUT2D eigenvalue weighted by atomic mass is 32.1. The molecular formula is C25H34N4O4S. The van der Waals surface area contributed by atoms with Crippen molar-refractivity contribution >= 4 is 34.7 Å². The third-order valence-electron chi connectivity index (χ3n) is 5.90. The molecule has 1 atom stereocenters. The number of amides is 2. The number of hydrogen-bond donors (Lipinski definition) is 2. The van der Waals surface area contributed by atoms with Gasteiger partial charge in [0.25, 0.3) is 5.91 Å². The van der Waals surface area contributed by atoms with E-state index in [4.69, 9.17) is 15.2 Å². The standard InChI is InChI=1S/C25H34N4O4S/c1-25(2,3)33-24(31)29-10-4-5-18(16-29)27-23(30)22-20(26)15-21(34-22)17-6-8-19(9-7-17)28-11-13-32-14-12-28/h6-9,15,18H,4-5,10-14,16,26H2,1-3H3,(H,27,30)/t18-/m0/s1. The SMILES string of the molecule is CC(C)(C)OC(=O)N1CCC[C@H](NC(=O)c2sc(-c3ccc(N4CCOCC4)cc3)cc2N)C1. The molecule has 2 aromatic rings. The number of nitrogens with one attached hydrogen (secondary N) is 1. The van der Waals surface area contributed by atoms with Crippen LogP contribution in [0.2, 0.25) is 0 Å². The maximum Gasteiger partial charge on any atom is 0.410 e. The van der Waals surface area contributed by atoms with Crippen molar-refractivity contribution < 1.29 is 19.1 Å². The molecule has 2 aliphatic heterocycles. The summed E-state index contributed by atoms with van der Waals surface area (Å²) in [6.07, 6.45) is 1.28. The summed E-state index contributed by atoms with van der Waals surface area (Å²) < 4.78 is 10.9. The molecule has 0 unspecified atom stereocenters. The number of thiophene rings is 1. The molecule has 0 bridgehead atoms. The van der Waals surface area contributed by atoms with Gasteiger partial charge in [-0.1, -0.05) is 12.1 Å². The molecule has 4 rings (SSSR count). The molecule has 1 aromatic carbocycles. The molecule has 184 valence electrons. The van der Waals surface area contributed by atoms with E-state index in [-0.39, 0.29) is 18.0 Å². The summed E-state index contributed by atoms with van der Waals surface area (Å²) >= 11 is 1.39. The van der Waals surface area contributed by atoms with Crippen LogP contribution in [0.15, 0.2) is 30.3 Å². The average molecular weight is 487 g/mol. The van der Waals surface area contributed by atoms with Crippen molar-refractivity contribution in [2.24, 2.45) is 0 Å². The minimum Gasteiger partial charge on any atom is -0.444 e. The number of nitrogens with zero attached hydrogens (tertiary/aromatic N) is 2. The molecule has 0 spiro atoms. The number of hydrogen-bond acceptors (Lipinski definition) is 7. The summed E-state index contributed by atoms with van der Waals surface area (Å²) in [5, 5.41) is 3.06. The Morgan fingerprint density at radius 3 is 2.53 bits per heavy atom. The van der Waals surface area contributed by atoms with Crippen molar-refractivity contribution in [1.82, 2.24) is 10.2 Å². The first-order valence-corrected chi connectivity index (χ1v) is 12.6. The number of nitrogen functional groups attached to an aromatic ring is 1. The summed E-state index contributed by atoms with van der Waals surface area (Å²) in [5.74, 6) is -0.199. The summed E-state index contributed by atoms with van der Waals surface area (Å²) in [4.78, 5) is 30.9. The van der Waals surface area contributed by atoms with Crippen LogP contribution in [-0.4, -0.2) is 67.9 Å². The highest BCUT2D eigenvalue weighted by Gasteiger charge is 2.29. The number of piperidine rings is 1. The minimum atomic E-state index is -0.546. The van der Waals surface area contributed by atoms with Gasteiger partial charge in [-0.25, -0.2) is 4.79 Å². The lowest BCUT2D eigenvalue weighted by Crippen LogP contribution is -2.50. The number of rotatable bonds is 4. The number of carbonyl (C=O) groups excluding carboxylic acids is 2. The van der Waals surface area contributed by atoms with Crippen LogP contribution in [0.25, 0.3) is 10.4 Å². The first-order valence-electron chi connectivity index (χ1n) is 11.8. The van der Waals surface area contributed by atoms with Crippen LogP contribution in [0.3, 0.4) is 0 Å². The van der Waals surface area contributed by atoms with Crippen LogP contribution < -0.4 is 16.0 Å². The Bertz CT molecular complexity index is 1010. The molecule has 34 heavy (non-hydrogen) atoms. The van der Waals surface area contributed by atoms with Crippen molar-refractivity contribution in [2.45, 2.75) is 45.3 Å². The Morgan fingerprint density at radius 1 is 1.15 bits per heavy atom. The van der Waals surface area contributed by atoms with Gasteiger partial charge in [0.2, 0.25) is 0 Å². The number of ether oxygens (including phenoxy) is 2. The summed E-state index contributed by atoms with van der Waals surface area (Å²) in [5.41, 5.74) is 8.34. The van der Waals surface area contributed by atoms with Gasteiger partial charge in [-0.15, -0.1) is 11.3 Å². The normalized spacial score (nSPS) is 19.1. The number of morpholine rings is 1. The minimum absolute atomic E-state index is 0.133. The maximum absolute atomic E-state index is 13.0. The highest BCUT2D eigenvalue weighted by molar-refractivity contribution is 7.18. The van der Waals surface area contributed by atoms with E-state index < -0.39 is 5.60 Å². The van der Waals surface area contributed by atoms with Crippen molar-refractivity contribution in [1.29, 1.82) is 0 Å². The molecule has 1 aromatic heterocycles. The molecule has 9 heteroatoms. The quantitative estimate of drug-likeness (QED) is 0.679. The molecule has 3 N–H and O–H groups in total. The van der Waals surface area contributed by atoms with E-state index in [1.807, 2.05) is 26.8 Å². The van der Waals surface area contributed by atoms with E-state index in [1.54, 1.807) is 4.90 Å². The number of benzene rings is 1. The first kappa shape index (κ1) is 24.3. The monoisotopic (exact) mass is 486 g/mol. The lowest BCUT2D eigenvalue weighted by atomic mass is 10.1. The van der Waals surface area contributed by atoms with Gasteiger partial charge in [-0.2, -0.15) is 0 Å². The van der Waals surface area contributed by atoms with Gasteiger partial charge in [0.05, 0.1) is 18.9 Å².